The number of amides is 1. The number of hydrogen-bond donors (Lipinski definition) is 2. The molecule has 2 N–H and O–H groups in total. The van der Waals surface area contributed by atoms with Crippen molar-refractivity contribution in [1.82, 2.24) is 9.97 Å². The van der Waals surface area contributed by atoms with Crippen LogP contribution in [0.1, 0.15) is 38.6 Å². The number of rotatable bonds is 5. The van der Waals surface area contributed by atoms with Gasteiger partial charge in [0, 0.05) is 28.0 Å². The van der Waals surface area contributed by atoms with E-state index in [0.29, 0.717) is 22.7 Å². The van der Waals surface area contributed by atoms with Crippen molar-refractivity contribution in [2.24, 2.45) is 0 Å². The minimum Gasteiger partial charge on any atom is -0.451 e. The highest BCUT2D eigenvalue weighted by Gasteiger charge is 2.20. The van der Waals surface area contributed by atoms with Gasteiger partial charge in [-0.2, -0.15) is 0 Å². The zero-order valence-corrected chi connectivity index (χ0v) is 19.8. The second kappa shape index (κ2) is 8.32. The van der Waals surface area contributed by atoms with Crippen LogP contribution in [-0.4, -0.2) is 24.3 Å². The van der Waals surface area contributed by atoms with Crippen molar-refractivity contribution >= 4 is 38.5 Å². The molecule has 0 unspecified atom stereocenters. The second-order valence-corrected chi connectivity index (χ2v) is 9.73. The number of aromatic nitrogens is 2. The zero-order chi connectivity index (χ0) is 23.9. The van der Waals surface area contributed by atoms with Gasteiger partial charge in [0.25, 0.3) is 15.9 Å². The highest BCUT2D eigenvalue weighted by atomic mass is 32.2. The van der Waals surface area contributed by atoms with Crippen LogP contribution in [0.4, 0.5) is 11.6 Å². The van der Waals surface area contributed by atoms with Crippen molar-refractivity contribution in [3.63, 3.8) is 0 Å². The Morgan fingerprint density at radius 1 is 0.879 bits per heavy atom. The molecular formula is C24H24N4O4S. The van der Waals surface area contributed by atoms with Gasteiger partial charge in [-0.05, 0) is 88.2 Å². The van der Waals surface area contributed by atoms with Crippen LogP contribution in [0.3, 0.4) is 0 Å². The molecule has 8 nitrogen and oxygen atoms in total. The van der Waals surface area contributed by atoms with Crippen molar-refractivity contribution in [3.05, 3.63) is 76.3 Å². The summed E-state index contributed by atoms with van der Waals surface area (Å²) in [6, 6.07) is 11.5. The summed E-state index contributed by atoms with van der Waals surface area (Å²) in [7, 11) is -3.88. The lowest BCUT2D eigenvalue weighted by molar-refractivity contribution is 0.0998. The van der Waals surface area contributed by atoms with Crippen molar-refractivity contribution < 1.29 is 17.6 Å². The third kappa shape index (κ3) is 4.58. The molecule has 9 heteroatoms. The van der Waals surface area contributed by atoms with Crippen LogP contribution < -0.4 is 10.0 Å². The number of nitrogens with one attached hydrogen (secondary N) is 2. The summed E-state index contributed by atoms with van der Waals surface area (Å²) >= 11 is 0. The molecule has 4 rings (SSSR count). The van der Waals surface area contributed by atoms with Crippen LogP contribution in [0.5, 0.6) is 0 Å². The van der Waals surface area contributed by atoms with Crippen LogP contribution in [0.15, 0.2) is 51.8 Å². The molecule has 0 saturated carbocycles. The molecule has 33 heavy (non-hydrogen) atoms. The Balaban J connectivity index is 1.53. The SMILES string of the molecule is Cc1cc(C)nc(NS(=O)(=O)c2ccc(NC(=O)c3oc4cc(C)c(C)cc4c3C)cc2)n1. The molecule has 2 aromatic heterocycles. The number of carbonyl (C=O) groups is 1. The molecule has 0 aliphatic rings. The van der Waals surface area contributed by atoms with Gasteiger partial charge in [0.2, 0.25) is 5.95 Å². The quantitative estimate of drug-likeness (QED) is 0.438. The Hall–Kier alpha value is -3.72. The molecular weight excluding hydrogens is 440 g/mol. The Kier molecular flexibility index (Phi) is 5.67. The highest BCUT2D eigenvalue weighted by molar-refractivity contribution is 7.92. The highest BCUT2D eigenvalue weighted by Crippen LogP contribution is 2.28. The second-order valence-electron chi connectivity index (χ2n) is 8.05. The van der Waals surface area contributed by atoms with Gasteiger partial charge in [0.05, 0.1) is 4.90 Å². The average Bonchev–Trinajstić information content (AvgIpc) is 3.03. The van der Waals surface area contributed by atoms with Gasteiger partial charge in [-0.25, -0.2) is 23.1 Å². The molecule has 0 bridgehead atoms. The number of sulfonamides is 1. The molecule has 0 aliphatic carbocycles. The predicted octanol–water partition coefficient (Wildman–Crippen LogP) is 4.82. The first-order chi connectivity index (χ1) is 15.5. The Morgan fingerprint density at radius 3 is 2.12 bits per heavy atom. The van der Waals surface area contributed by atoms with Crippen LogP contribution >= 0.6 is 0 Å². The summed E-state index contributed by atoms with van der Waals surface area (Å²) in [5, 5.41) is 3.65. The largest absolute Gasteiger partial charge is 0.451 e. The summed E-state index contributed by atoms with van der Waals surface area (Å²) in [4.78, 5) is 21.0. The number of nitrogens with zero attached hydrogens (tertiary/aromatic N) is 2. The Morgan fingerprint density at radius 2 is 1.48 bits per heavy atom. The number of aryl methyl sites for hydroxylation is 5. The van der Waals surface area contributed by atoms with Crippen molar-refractivity contribution in [2.75, 3.05) is 10.0 Å². The lowest BCUT2D eigenvalue weighted by Gasteiger charge is -2.09. The fourth-order valence-corrected chi connectivity index (χ4v) is 4.49. The third-order valence-corrected chi connectivity index (χ3v) is 6.73. The summed E-state index contributed by atoms with van der Waals surface area (Å²) < 4.78 is 33.6. The maximum atomic E-state index is 12.8. The topological polar surface area (TPSA) is 114 Å². The molecule has 0 atom stereocenters. The first-order valence-electron chi connectivity index (χ1n) is 10.3. The number of fused-ring (bicyclic) bond motifs is 1. The van der Waals surface area contributed by atoms with Crippen LogP contribution in [0.2, 0.25) is 0 Å². The Labute approximate surface area is 192 Å². The van der Waals surface area contributed by atoms with E-state index in [2.05, 4.69) is 20.0 Å². The van der Waals surface area contributed by atoms with Gasteiger partial charge < -0.3 is 9.73 Å². The van der Waals surface area contributed by atoms with Crippen LogP contribution in [-0.2, 0) is 10.0 Å². The molecule has 0 aliphatic heterocycles. The number of benzene rings is 2. The van der Waals surface area contributed by atoms with E-state index in [0.717, 1.165) is 22.1 Å². The van der Waals surface area contributed by atoms with Gasteiger partial charge in [-0.3, -0.25) is 4.79 Å². The minimum atomic E-state index is -3.88. The van der Waals surface area contributed by atoms with E-state index in [1.807, 2.05) is 32.9 Å². The first-order valence-corrected chi connectivity index (χ1v) is 11.8. The number of anilines is 2. The molecule has 2 heterocycles. The molecule has 0 spiro atoms. The summed E-state index contributed by atoms with van der Waals surface area (Å²) in [6.07, 6.45) is 0. The van der Waals surface area contributed by atoms with E-state index >= 15 is 0 Å². The average molecular weight is 465 g/mol. The van der Waals surface area contributed by atoms with Crippen molar-refractivity contribution in [2.45, 2.75) is 39.5 Å². The number of furan rings is 1. The van der Waals surface area contributed by atoms with Gasteiger partial charge >= 0.3 is 0 Å². The fraction of sp³-hybridized carbons (Fsp3) is 0.208. The maximum Gasteiger partial charge on any atom is 0.291 e. The van der Waals surface area contributed by atoms with E-state index in [1.165, 1.54) is 24.3 Å². The molecule has 0 fully saturated rings. The molecule has 0 saturated heterocycles. The molecule has 4 aromatic rings. The molecule has 2 aromatic carbocycles. The lowest BCUT2D eigenvalue weighted by Crippen LogP contribution is -2.16. The number of carbonyl (C=O) groups excluding carboxylic acids is 1. The van der Waals surface area contributed by atoms with E-state index < -0.39 is 15.9 Å². The fourth-order valence-electron chi connectivity index (χ4n) is 3.55. The van der Waals surface area contributed by atoms with E-state index in [9.17, 15) is 13.2 Å². The predicted molar refractivity (Wildman–Crippen MR) is 127 cm³/mol. The zero-order valence-electron chi connectivity index (χ0n) is 19.0. The Bertz CT molecular complexity index is 1470. The third-order valence-electron chi connectivity index (χ3n) is 5.39. The summed E-state index contributed by atoms with van der Waals surface area (Å²) in [6.45, 7) is 9.36. The normalized spacial score (nSPS) is 11.5. The van der Waals surface area contributed by atoms with Gasteiger partial charge in [-0.15, -0.1) is 0 Å². The molecule has 170 valence electrons. The molecule has 0 radical (unpaired) electrons. The smallest absolute Gasteiger partial charge is 0.291 e. The van der Waals surface area contributed by atoms with Gasteiger partial charge in [0.15, 0.2) is 5.76 Å². The van der Waals surface area contributed by atoms with E-state index in [-0.39, 0.29) is 16.6 Å². The van der Waals surface area contributed by atoms with Crippen LogP contribution in [0.25, 0.3) is 11.0 Å². The maximum absolute atomic E-state index is 12.8. The monoisotopic (exact) mass is 464 g/mol. The summed E-state index contributed by atoms with van der Waals surface area (Å²) in [5.41, 5.74) is 5.36. The van der Waals surface area contributed by atoms with Gasteiger partial charge in [0.1, 0.15) is 5.58 Å². The first kappa shape index (κ1) is 22.5. The lowest BCUT2D eigenvalue weighted by atomic mass is 10.1. The van der Waals surface area contributed by atoms with Crippen LogP contribution in [0, 0.1) is 34.6 Å². The van der Waals surface area contributed by atoms with E-state index in [1.54, 1.807) is 19.9 Å². The van der Waals surface area contributed by atoms with Gasteiger partial charge in [-0.1, -0.05) is 0 Å². The summed E-state index contributed by atoms with van der Waals surface area (Å²) in [5.74, 6) is -0.174. The minimum absolute atomic E-state index is 0.00992. The standard InChI is InChI=1S/C24H24N4O4S/c1-13-10-20-17(5)22(32-21(20)11-14(13)2)23(29)27-18-6-8-19(9-7-18)33(30,31)28-24-25-15(3)12-16(4)26-24/h6-12H,1-5H3,(H,27,29)(H,25,26,28). The molecule has 1 amide bonds. The number of hydrogen-bond acceptors (Lipinski definition) is 6. The van der Waals surface area contributed by atoms with Crippen molar-refractivity contribution in [3.8, 4) is 0 Å². The van der Waals surface area contributed by atoms with Crippen molar-refractivity contribution in [1.29, 1.82) is 0 Å². The van der Waals surface area contributed by atoms with E-state index in [4.69, 9.17) is 4.42 Å².